The fourth-order valence-corrected chi connectivity index (χ4v) is 3.13. The first-order valence-corrected chi connectivity index (χ1v) is 7.89. The first-order chi connectivity index (χ1) is 10.8. The molecule has 0 bridgehead atoms. The molecule has 3 rings (SSSR count). The standard InChI is InChI=1S/C17H21N3O2/c1-2-22-11-10-16(13-6-5-7-14(21)12-13)20-17-9-4-3-8-15(17)18-19-20/h3-4,8-11,13,16H,2,5-7,12H2,1H3. The van der Waals surface area contributed by atoms with E-state index in [4.69, 9.17) is 4.74 Å². The number of hydrogen-bond donors (Lipinski definition) is 0. The van der Waals surface area contributed by atoms with Gasteiger partial charge in [0.25, 0.3) is 0 Å². The van der Waals surface area contributed by atoms with Gasteiger partial charge in [-0.1, -0.05) is 17.3 Å². The lowest BCUT2D eigenvalue weighted by atomic mass is 9.83. The van der Waals surface area contributed by atoms with Crippen molar-refractivity contribution in [2.75, 3.05) is 6.61 Å². The van der Waals surface area contributed by atoms with Crippen LogP contribution in [0.1, 0.15) is 38.6 Å². The van der Waals surface area contributed by atoms with Gasteiger partial charge in [-0.25, -0.2) is 4.68 Å². The van der Waals surface area contributed by atoms with Crippen molar-refractivity contribution in [3.8, 4) is 0 Å². The van der Waals surface area contributed by atoms with E-state index in [-0.39, 0.29) is 12.0 Å². The second-order valence-electron chi connectivity index (χ2n) is 5.69. The molecule has 2 unspecified atom stereocenters. The van der Waals surface area contributed by atoms with Gasteiger partial charge in [0.05, 0.1) is 24.4 Å². The Morgan fingerprint density at radius 3 is 3.14 bits per heavy atom. The summed E-state index contributed by atoms with van der Waals surface area (Å²) in [6.45, 7) is 2.58. The molecule has 2 atom stereocenters. The van der Waals surface area contributed by atoms with E-state index in [2.05, 4.69) is 10.3 Å². The molecule has 1 aromatic carbocycles. The summed E-state index contributed by atoms with van der Waals surface area (Å²) in [5, 5.41) is 8.56. The Bertz CT molecular complexity index is 677. The van der Waals surface area contributed by atoms with Gasteiger partial charge >= 0.3 is 0 Å². The average molecular weight is 299 g/mol. The highest BCUT2D eigenvalue weighted by Crippen LogP contribution is 2.33. The summed E-state index contributed by atoms with van der Waals surface area (Å²) in [4.78, 5) is 11.8. The van der Waals surface area contributed by atoms with Crippen molar-refractivity contribution >= 4 is 16.8 Å². The number of Topliss-reactive ketones (excluding diaryl/α,β-unsaturated/α-hetero) is 1. The average Bonchev–Trinajstić information content (AvgIpc) is 2.95. The third-order valence-corrected chi connectivity index (χ3v) is 4.20. The third kappa shape index (κ3) is 3.03. The van der Waals surface area contributed by atoms with Crippen LogP contribution in [0.5, 0.6) is 0 Å². The molecule has 1 fully saturated rings. The van der Waals surface area contributed by atoms with E-state index in [1.807, 2.05) is 41.9 Å². The van der Waals surface area contributed by atoms with Crippen LogP contribution in [0, 0.1) is 5.92 Å². The second-order valence-corrected chi connectivity index (χ2v) is 5.69. The molecule has 0 amide bonds. The van der Waals surface area contributed by atoms with E-state index in [0.29, 0.717) is 25.2 Å². The molecule has 116 valence electrons. The molecule has 0 spiro atoms. The van der Waals surface area contributed by atoms with Gasteiger partial charge in [-0.05, 0) is 43.9 Å². The predicted molar refractivity (Wildman–Crippen MR) is 84.3 cm³/mol. The van der Waals surface area contributed by atoms with Gasteiger partial charge < -0.3 is 4.74 Å². The first kappa shape index (κ1) is 14.8. The Labute approximate surface area is 130 Å². The molecule has 0 N–H and O–H groups in total. The minimum Gasteiger partial charge on any atom is -0.502 e. The molecular formula is C17H21N3O2. The van der Waals surface area contributed by atoms with Crippen LogP contribution in [-0.2, 0) is 9.53 Å². The number of fused-ring (bicyclic) bond motifs is 1. The maximum atomic E-state index is 11.8. The molecule has 1 heterocycles. The highest BCUT2D eigenvalue weighted by molar-refractivity contribution is 5.79. The zero-order valence-corrected chi connectivity index (χ0v) is 12.8. The largest absolute Gasteiger partial charge is 0.502 e. The Kier molecular flexibility index (Phi) is 4.51. The smallest absolute Gasteiger partial charge is 0.133 e. The maximum Gasteiger partial charge on any atom is 0.133 e. The molecule has 0 aliphatic heterocycles. The minimum absolute atomic E-state index is 0.00296. The van der Waals surface area contributed by atoms with E-state index in [1.54, 1.807) is 6.26 Å². The van der Waals surface area contributed by atoms with Gasteiger partial charge in [-0.3, -0.25) is 4.79 Å². The number of ketones is 1. The van der Waals surface area contributed by atoms with Crippen molar-refractivity contribution in [3.63, 3.8) is 0 Å². The second kappa shape index (κ2) is 6.73. The Balaban J connectivity index is 1.95. The van der Waals surface area contributed by atoms with Gasteiger partial charge in [-0.2, -0.15) is 0 Å². The summed E-state index contributed by atoms with van der Waals surface area (Å²) in [7, 11) is 0. The lowest BCUT2D eigenvalue weighted by Crippen LogP contribution is -2.25. The number of nitrogens with zero attached hydrogens (tertiary/aromatic N) is 3. The highest BCUT2D eigenvalue weighted by atomic mass is 16.5. The van der Waals surface area contributed by atoms with E-state index < -0.39 is 0 Å². The van der Waals surface area contributed by atoms with Crippen LogP contribution in [0.4, 0.5) is 0 Å². The highest BCUT2D eigenvalue weighted by Gasteiger charge is 2.28. The number of para-hydroxylation sites is 1. The van der Waals surface area contributed by atoms with E-state index in [0.717, 1.165) is 23.9 Å². The summed E-state index contributed by atoms with van der Waals surface area (Å²) in [5.41, 5.74) is 1.87. The lowest BCUT2D eigenvalue weighted by Gasteiger charge is -2.27. The molecule has 2 aromatic rings. The number of carbonyl (C=O) groups excluding carboxylic acids is 1. The van der Waals surface area contributed by atoms with Crippen LogP contribution < -0.4 is 0 Å². The molecule has 5 nitrogen and oxygen atoms in total. The summed E-state index contributed by atoms with van der Waals surface area (Å²) < 4.78 is 7.29. The van der Waals surface area contributed by atoms with Crippen LogP contribution in [0.2, 0.25) is 0 Å². The fourth-order valence-electron chi connectivity index (χ4n) is 3.13. The fraction of sp³-hybridized carbons (Fsp3) is 0.471. The lowest BCUT2D eigenvalue weighted by molar-refractivity contribution is -0.121. The topological polar surface area (TPSA) is 57.0 Å². The van der Waals surface area contributed by atoms with Crippen molar-refractivity contribution in [2.24, 2.45) is 5.92 Å². The minimum atomic E-state index is 0.00296. The quantitative estimate of drug-likeness (QED) is 0.795. The maximum absolute atomic E-state index is 11.8. The number of allylic oxidation sites excluding steroid dienone is 1. The van der Waals surface area contributed by atoms with Gasteiger partial charge in [0, 0.05) is 12.8 Å². The summed E-state index contributed by atoms with van der Waals surface area (Å²) >= 11 is 0. The number of hydrogen-bond acceptors (Lipinski definition) is 4. The van der Waals surface area contributed by atoms with Crippen LogP contribution in [0.3, 0.4) is 0 Å². The summed E-state index contributed by atoms with van der Waals surface area (Å²) in [6.07, 6.45) is 7.02. The van der Waals surface area contributed by atoms with Crippen molar-refractivity contribution in [3.05, 3.63) is 36.6 Å². The summed E-state index contributed by atoms with van der Waals surface area (Å²) in [5.74, 6) is 0.596. The van der Waals surface area contributed by atoms with Crippen molar-refractivity contribution in [1.82, 2.24) is 15.0 Å². The Morgan fingerprint density at radius 1 is 1.45 bits per heavy atom. The van der Waals surface area contributed by atoms with Crippen LogP contribution in [0.15, 0.2) is 36.6 Å². The monoisotopic (exact) mass is 299 g/mol. The predicted octanol–water partition coefficient (Wildman–Crippen LogP) is 3.28. The van der Waals surface area contributed by atoms with E-state index in [9.17, 15) is 4.79 Å². The molecule has 0 radical (unpaired) electrons. The molecule has 5 heteroatoms. The van der Waals surface area contributed by atoms with Gasteiger partial charge in [-0.15, -0.1) is 5.10 Å². The molecule has 0 saturated heterocycles. The van der Waals surface area contributed by atoms with Crippen molar-refractivity contribution in [1.29, 1.82) is 0 Å². The molecule has 1 aliphatic carbocycles. The SMILES string of the molecule is CCOC=CC(C1CCCC(=O)C1)n1nnc2ccccc21. The Hall–Kier alpha value is -2.17. The molecule has 1 saturated carbocycles. The zero-order valence-electron chi connectivity index (χ0n) is 12.8. The van der Waals surface area contributed by atoms with Crippen LogP contribution in [-0.4, -0.2) is 27.4 Å². The molecule has 1 aliphatic rings. The molecular weight excluding hydrogens is 278 g/mol. The van der Waals surface area contributed by atoms with Crippen molar-refractivity contribution in [2.45, 2.75) is 38.6 Å². The number of rotatable bonds is 5. The third-order valence-electron chi connectivity index (χ3n) is 4.20. The van der Waals surface area contributed by atoms with Crippen LogP contribution in [0.25, 0.3) is 11.0 Å². The van der Waals surface area contributed by atoms with Crippen molar-refractivity contribution < 1.29 is 9.53 Å². The summed E-state index contributed by atoms with van der Waals surface area (Å²) in [6, 6.07) is 7.91. The van der Waals surface area contributed by atoms with Gasteiger partial charge in [0.15, 0.2) is 0 Å². The van der Waals surface area contributed by atoms with Gasteiger partial charge in [0.1, 0.15) is 11.3 Å². The first-order valence-electron chi connectivity index (χ1n) is 7.89. The van der Waals surface area contributed by atoms with Gasteiger partial charge in [0.2, 0.25) is 0 Å². The normalized spacial score (nSPS) is 20.6. The number of aromatic nitrogens is 3. The zero-order chi connectivity index (χ0) is 15.4. The number of carbonyl (C=O) groups is 1. The van der Waals surface area contributed by atoms with Crippen LogP contribution >= 0.6 is 0 Å². The molecule has 22 heavy (non-hydrogen) atoms. The number of ether oxygens (including phenoxy) is 1. The Morgan fingerprint density at radius 2 is 2.32 bits per heavy atom. The van der Waals surface area contributed by atoms with E-state index >= 15 is 0 Å². The number of benzene rings is 1. The molecule has 1 aromatic heterocycles. The van der Waals surface area contributed by atoms with E-state index in [1.165, 1.54) is 0 Å².